The summed E-state index contributed by atoms with van der Waals surface area (Å²) in [6.45, 7) is 7.93. The minimum Gasteiger partial charge on any atom is -0.445 e. The molecule has 6 heteroatoms. The van der Waals surface area contributed by atoms with Gasteiger partial charge in [0, 0.05) is 26.2 Å². The van der Waals surface area contributed by atoms with Crippen LogP contribution in [0.25, 0.3) is 0 Å². The molecule has 0 heterocycles. The molecule has 1 amide bonds. The smallest absolute Gasteiger partial charge is 0.407 e. The highest BCUT2D eigenvalue weighted by molar-refractivity contribution is 5.67. The fraction of sp³-hybridized carbons (Fsp3) is 0.650. The van der Waals surface area contributed by atoms with E-state index in [1.807, 2.05) is 30.3 Å². The zero-order valence-electron chi connectivity index (χ0n) is 16.2. The average Bonchev–Trinajstić information content (AvgIpc) is 2.66. The molecule has 0 radical (unpaired) electrons. The van der Waals surface area contributed by atoms with Gasteiger partial charge < -0.3 is 19.9 Å². The summed E-state index contributed by atoms with van der Waals surface area (Å²) in [5.74, 6) is 0. The molecule has 0 saturated heterocycles. The summed E-state index contributed by atoms with van der Waals surface area (Å²) in [6, 6.07) is 9.60. The number of aliphatic hydroxyl groups is 1. The van der Waals surface area contributed by atoms with Gasteiger partial charge >= 0.3 is 6.09 Å². The third-order valence-electron chi connectivity index (χ3n) is 3.97. The first-order valence-electron chi connectivity index (χ1n) is 9.58. The van der Waals surface area contributed by atoms with Crippen LogP contribution in [0.4, 0.5) is 4.79 Å². The van der Waals surface area contributed by atoms with E-state index in [2.05, 4.69) is 24.1 Å². The molecule has 0 aliphatic rings. The quantitative estimate of drug-likeness (QED) is 0.496. The van der Waals surface area contributed by atoms with E-state index < -0.39 is 6.09 Å². The molecule has 0 saturated carbocycles. The standard InChI is InChI=1S/C20H34N2O4/c1-3-5-14-25-19(16-23)15-22(12-4-2)13-11-21-20(24)26-17-18-9-7-6-8-10-18/h6-10,19,23H,3-5,11-17H2,1-2H3,(H,21,24). The number of hydrogen-bond acceptors (Lipinski definition) is 5. The molecule has 2 N–H and O–H groups in total. The van der Waals surface area contributed by atoms with Gasteiger partial charge in [-0.3, -0.25) is 4.90 Å². The number of aliphatic hydroxyl groups excluding tert-OH is 1. The topological polar surface area (TPSA) is 71.0 Å². The first kappa shape index (κ1) is 22.4. The number of carbonyl (C=O) groups is 1. The Kier molecular flexibility index (Phi) is 12.5. The lowest BCUT2D eigenvalue weighted by atomic mass is 10.2. The van der Waals surface area contributed by atoms with Crippen LogP contribution in [0.2, 0.25) is 0 Å². The second kappa shape index (κ2) is 14.5. The largest absolute Gasteiger partial charge is 0.445 e. The van der Waals surface area contributed by atoms with Gasteiger partial charge in [0.15, 0.2) is 0 Å². The Bertz CT molecular complexity index is 470. The van der Waals surface area contributed by atoms with E-state index in [0.29, 0.717) is 26.2 Å². The average molecular weight is 367 g/mol. The maximum Gasteiger partial charge on any atom is 0.407 e. The Balaban J connectivity index is 2.27. The number of ether oxygens (including phenoxy) is 2. The summed E-state index contributed by atoms with van der Waals surface area (Å²) in [5, 5.41) is 12.3. The van der Waals surface area contributed by atoms with Crippen molar-refractivity contribution in [3.05, 3.63) is 35.9 Å². The number of carbonyl (C=O) groups excluding carboxylic acids is 1. The summed E-state index contributed by atoms with van der Waals surface area (Å²) in [5.41, 5.74) is 0.963. The highest BCUT2D eigenvalue weighted by Gasteiger charge is 2.14. The molecule has 0 aromatic heterocycles. The maximum atomic E-state index is 11.8. The van der Waals surface area contributed by atoms with Gasteiger partial charge in [0.25, 0.3) is 0 Å². The lowest BCUT2D eigenvalue weighted by Crippen LogP contribution is -2.41. The Morgan fingerprint density at radius 2 is 1.96 bits per heavy atom. The van der Waals surface area contributed by atoms with Crippen LogP contribution in [0.1, 0.15) is 38.7 Å². The molecule has 1 rings (SSSR count). The van der Waals surface area contributed by atoms with Crippen LogP contribution in [-0.4, -0.2) is 61.6 Å². The number of rotatable bonds is 14. The van der Waals surface area contributed by atoms with Crippen molar-refractivity contribution >= 4 is 6.09 Å². The second-order valence-electron chi connectivity index (χ2n) is 6.32. The number of hydrogen-bond donors (Lipinski definition) is 2. The maximum absolute atomic E-state index is 11.8. The molecule has 0 spiro atoms. The van der Waals surface area contributed by atoms with Crippen LogP contribution >= 0.6 is 0 Å². The molecule has 0 aliphatic carbocycles. The summed E-state index contributed by atoms with van der Waals surface area (Å²) in [6.07, 6.45) is 2.48. The third-order valence-corrected chi connectivity index (χ3v) is 3.97. The van der Waals surface area contributed by atoms with Gasteiger partial charge in [0.1, 0.15) is 6.61 Å². The Labute approximate surface area is 157 Å². The summed E-state index contributed by atoms with van der Waals surface area (Å²) < 4.78 is 10.9. The summed E-state index contributed by atoms with van der Waals surface area (Å²) in [7, 11) is 0. The van der Waals surface area contributed by atoms with E-state index in [4.69, 9.17) is 9.47 Å². The predicted molar refractivity (Wildman–Crippen MR) is 103 cm³/mol. The molecule has 6 nitrogen and oxygen atoms in total. The number of nitrogens with one attached hydrogen (secondary N) is 1. The molecular formula is C20H34N2O4. The van der Waals surface area contributed by atoms with Gasteiger partial charge in [-0.25, -0.2) is 4.79 Å². The van der Waals surface area contributed by atoms with Crippen LogP contribution < -0.4 is 5.32 Å². The van der Waals surface area contributed by atoms with Gasteiger partial charge in [0.05, 0.1) is 12.7 Å². The van der Waals surface area contributed by atoms with E-state index in [-0.39, 0.29) is 19.3 Å². The molecule has 1 aromatic carbocycles. The monoisotopic (exact) mass is 366 g/mol. The van der Waals surface area contributed by atoms with Gasteiger partial charge in [-0.05, 0) is 24.9 Å². The number of alkyl carbamates (subject to hydrolysis) is 1. The number of nitrogens with zero attached hydrogens (tertiary/aromatic N) is 1. The van der Waals surface area contributed by atoms with E-state index >= 15 is 0 Å². The van der Waals surface area contributed by atoms with Gasteiger partial charge in [-0.1, -0.05) is 50.6 Å². The molecule has 1 unspecified atom stereocenters. The molecule has 0 bridgehead atoms. The first-order chi connectivity index (χ1) is 12.7. The molecule has 0 fully saturated rings. The van der Waals surface area contributed by atoms with Crippen molar-refractivity contribution < 1.29 is 19.4 Å². The minimum atomic E-state index is -0.414. The zero-order valence-corrected chi connectivity index (χ0v) is 16.2. The summed E-state index contributed by atoms with van der Waals surface area (Å²) >= 11 is 0. The lowest BCUT2D eigenvalue weighted by Gasteiger charge is -2.26. The summed E-state index contributed by atoms with van der Waals surface area (Å²) in [4.78, 5) is 14.0. The van der Waals surface area contributed by atoms with Crippen molar-refractivity contribution in [2.24, 2.45) is 0 Å². The van der Waals surface area contributed by atoms with Crippen LogP contribution in [-0.2, 0) is 16.1 Å². The highest BCUT2D eigenvalue weighted by atomic mass is 16.5. The van der Waals surface area contributed by atoms with Gasteiger partial charge in [-0.15, -0.1) is 0 Å². The van der Waals surface area contributed by atoms with Gasteiger partial charge in [-0.2, -0.15) is 0 Å². The van der Waals surface area contributed by atoms with Crippen LogP contribution in [0.5, 0.6) is 0 Å². The first-order valence-corrected chi connectivity index (χ1v) is 9.58. The van der Waals surface area contributed by atoms with Gasteiger partial charge in [0.2, 0.25) is 0 Å². The Morgan fingerprint density at radius 3 is 2.62 bits per heavy atom. The van der Waals surface area contributed by atoms with E-state index in [1.54, 1.807) is 0 Å². The van der Waals surface area contributed by atoms with Crippen molar-refractivity contribution in [1.82, 2.24) is 10.2 Å². The van der Waals surface area contributed by atoms with E-state index in [0.717, 1.165) is 31.4 Å². The van der Waals surface area contributed by atoms with Crippen molar-refractivity contribution in [1.29, 1.82) is 0 Å². The normalized spacial score (nSPS) is 12.2. The Morgan fingerprint density at radius 1 is 1.19 bits per heavy atom. The molecular weight excluding hydrogens is 332 g/mol. The fourth-order valence-electron chi connectivity index (χ4n) is 2.55. The molecule has 26 heavy (non-hydrogen) atoms. The van der Waals surface area contributed by atoms with Crippen LogP contribution in [0.15, 0.2) is 30.3 Å². The van der Waals surface area contributed by atoms with Crippen LogP contribution in [0.3, 0.4) is 0 Å². The highest BCUT2D eigenvalue weighted by Crippen LogP contribution is 2.02. The second-order valence-corrected chi connectivity index (χ2v) is 6.32. The molecule has 0 aliphatic heterocycles. The van der Waals surface area contributed by atoms with E-state index in [1.165, 1.54) is 0 Å². The zero-order chi connectivity index (χ0) is 19.0. The van der Waals surface area contributed by atoms with Crippen molar-refractivity contribution in [3.63, 3.8) is 0 Å². The number of benzene rings is 1. The van der Waals surface area contributed by atoms with Crippen molar-refractivity contribution in [3.8, 4) is 0 Å². The predicted octanol–water partition coefficient (Wildman–Crippen LogP) is 2.80. The molecule has 1 aromatic rings. The fourth-order valence-corrected chi connectivity index (χ4v) is 2.55. The molecule has 1 atom stereocenters. The van der Waals surface area contributed by atoms with Crippen molar-refractivity contribution in [2.45, 2.75) is 45.8 Å². The van der Waals surface area contributed by atoms with Crippen LogP contribution in [0, 0.1) is 0 Å². The molecule has 148 valence electrons. The Hall–Kier alpha value is -1.63. The minimum absolute atomic E-state index is 0.0104. The third kappa shape index (κ3) is 10.4. The lowest BCUT2D eigenvalue weighted by molar-refractivity contribution is -0.00907. The SMILES string of the molecule is CCCCOC(CO)CN(CCC)CCNC(=O)OCc1ccccc1. The number of amides is 1. The number of unbranched alkanes of at least 4 members (excludes halogenated alkanes) is 1. The van der Waals surface area contributed by atoms with Crippen molar-refractivity contribution in [2.75, 3.05) is 39.4 Å². The van der Waals surface area contributed by atoms with E-state index in [9.17, 15) is 9.90 Å².